The van der Waals surface area contributed by atoms with Gasteiger partial charge in [0.15, 0.2) is 0 Å². The molecule has 0 saturated carbocycles. The normalized spacial score (nSPS) is 9.18. The summed E-state index contributed by atoms with van der Waals surface area (Å²) in [6.07, 6.45) is 3.34. The van der Waals surface area contributed by atoms with Crippen LogP contribution in [0.1, 0.15) is 11.1 Å². The number of allylic oxidation sites excluding steroid dienone is 1. The third kappa shape index (κ3) is 1.55. The van der Waals surface area contributed by atoms with E-state index in [1.807, 2.05) is 19.1 Å². The van der Waals surface area contributed by atoms with Crippen molar-refractivity contribution in [3.63, 3.8) is 0 Å². The molecule has 1 heteroatoms. The fourth-order valence-electron chi connectivity index (χ4n) is 0.933. The van der Waals surface area contributed by atoms with Gasteiger partial charge in [0.05, 0.1) is 0 Å². The molecule has 1 rings (SSSR count). The lowest BCUT2D eigenvalue weighted by molar-refractivity contribution is 1.34. The van der Waals surface area contributed by atoms with Gasteiger partial charge in [-0.05, 0) is 5.43 Å². The molecule has 0 fully saturated rings. The van der Waals surface area contributed by atoms with E-state index in [-0.39, 0.29) is 5.43 Å². The lowest BCUT2D eigenvalue weighted by atomic mass is 10.1. The Morgan fingerprint density at radius 3 is 3.00 bits per heavy atom. The standard InChI is InChI=1S/C10H10O/c1-3-5-9-7-4-6-8(2)10(9)11/h3-7H,1H2,2H3/q-2. The van der Waals surface area contributed by atoms with Crippen LogP contribution in [0.2, 0.25) is 0 Å². The fraction of sp³-hybridized carbons (Fsp3) is 0.100. The van der Waals surface area contributed by atoms with Gasteiger partial charge in [-0.2, -0.15) is 30.7 Å². The van der Waals surface area contributed by atoms with Gasteiger partial charge in [-0.1, -0.05) is 6.92 Å². The lowest BCUT2D eigenvalue weighted by Crippen LogP contribution is -2.08. The first kappa shape index (κ1) is 7.73. The van der Waals surface area contributed by atoms with Gasteiger partial charge in [0, 0.05) is 0 Å². The maximum absolute atomic E-state index is 11.3. The quantitative estimate of drug-likeness (QED) is 0.581. The molecule has 0 heterocycles. The third-order valence-electron chi connectivity index (χ3n) is 1.54. The highest BCUT2D eigenvalue weighted by molar-refractivity contribution is 5.30. The predicted octanol–water partition coefficient (Wildman–Crippen LogP) is 1.81. The van der Waals surface area contributed by atoms with Crippen molar-refractivity contribution in [1.82, 2.24) is 0 Å². The Bertz CT molecular complexity index is 307. The van der Waals surface area contributed by atoms with Gasteiger partial charge in [0.25, 0.3) is 0 Å². The van der Waals surface area contributed by atoms with Crippen molar-refractivity contribution in [1.29, 1.82) is 0 Å². The fourth-order valence-corrected chi connectivity index (χ4v) is 0.933. The first-order chi connectivity index (χ1) is 5.25. The summed E-state index contributed by atoms with van der Waals surface area (Å²) >= 11 is 0. The zero-order valence-corrected chi connectivity index (χ0v) is 6.50. The Hall–Kier alpha value is -1.37. The van der Waals surface area contributed by atoms with Crippen LogP contribution in [0.5, 0.6) is 0 Å². The van der Waals surface area contributed by atoms with Crippen LogP contribution in [0.15, 0.2) is 35.6 Å². The van der Waals surface area contributed by atoms with Crippen LogP contribution < -0.4 is 5.43 Å². The molecule has 0 aromatic heterocycles. The highest BCUT2D eigenvalue weighted by Crippen LogP contribution is 1.98. The van der Waals surface area contributed by atoms with Crippen LogP contribution in [0.3, 0.4) is 0 Å². The number of para-hydroxylation sites is 1. The Morgan fingerprint density at radius 2 is 2.36 bits per heavy atom. The van der Waals surface area contributed by atoms with Crippen LogP contribution in [0.4, 0.5) is 0 Å². The topological polar surface area (TPSA) is 17.1 Å². The van der Waals surface area contributed by atoms with E-state index < -0.39 is 0 Å². The maximum atomic E-state index is 11.3. The summed E-state index contributed by atoms with van der Waals surface area (Å²) in [6.45, 7) is 5.34. The van der Waals surface area contributed by atoms with Gasteiger partial charge < -0.3 is 4.79 Å². The summed E-state index contributed by atoms with van der Waals surface area (Å²) in [4.78, 5) is 11.3. The van der Waals surface area contributed by atoms with Crippen molar-refractivity contribution in [3.8, 4) is 0 Å². The number of rotatable bonds is 2. The first-order valence-electron chi connectivity index (χ1n) is 3.48. The SMILES string of the molecule is C=C[CH-]c1c[cH-]cc(C)c1=O. The van der Waals surface area contributed by atoms with Crippen molar-refractivity contribution >= 4 is 0 Å². The minimum Gasteiger partial charge on any atom is -0.375 e. The van der Waals surface area contributed by atoms with E-state index in [1.165, 1.54) is 0 Å². The zero-order chi connectivity index (χ0) is 8.27. The van der Waals surface area contributed by atoms with Crippen molar-refractivity contribution in [2.45, 2.75) is 6.92 Å². The third-order valence-corrected chi connectivity index (χ3v) is 1.54. The Morgan fingerprint density at radius 1 is 1.64 bits per heavy atom. The second-order valence-electron chi connectivity index (χ2n) is 2.40. The van der Waals surface area contributed by atoms with Crippen LogP contribution in [-0.4, -0.2) is 0 Å². The van der Waals surface area contributed by atoms with Crippen LogP contribution in [0, 0.1) is 13.3 Å². The second kappa shape index (κ2) is 3.15. The van der Waals surface area contributed by atoms with Crippen molar-refractivity contribution in [2.24, 2.45) is 0 Å². The molecule has 0 radical (unpaired) electrons. The largest absolute Gasteiger partial charge is 0.375 e. The van der Waals surface area contributed by atoms with Gasteiger partial charge in [0.1, 0.15) is 0 Å². The van der Waals surface area contributed by atoms with Crippen molar-refractivity contribution < 1.29 is 0 Å². The molecular formula is C10H10O-2. The van der Waals surface area contributed by atoms with Crippen molar-refractivity contribution in [2.75, 3.05) is 0 Å². The van der Waals surface area contributed by atoms with Gasteiger partial charge in [-0.3, -0.25) is 0 Å². The number of aryl methyl sites for hydroxylation is 1. The molecule has 0 aliphatic rings. The smallest absolute Gasteiger partial charge is 0.00382 e. The molecule has 0 aliphatic heterocycles. The summed E-state index contributed by atoms with van der Waals surface area (Å²) < 4.78 is 0. The van der Waals surface area contributed by atoms with E-state index in [0.717, 1.165) is 5.56 Å². The van der Waals surface area contributed by atoms with E-state index in [4.69, 9.17) is 0 Å². The summed E-state index contributed by atoms with van der Waals surface area (Å²) in [5.74, 6) is 0. The average Bonchev–Trinajstić information content (AvgIpc) is 1.99. The molecule has 1 nitrogen and oxygen atoms in total. The number of hydrogen-bond donors (Lipinski definition) is 0. The summed E-state index contributed by atoms with van der Waals surface area (Å²) in [5.41, 5.74) is 1.58. The van der Waals surface area contributed by atoms with Gasteiger partial charge in [-0.15, -0.1) is 0 Å². The van der Waals surface area contributed by atoms with Crippen LogP contribution >= 0.6 is 0 Å². The maximum Gasteiger partial charge on any atom is -0.00382 e. The average molecular weight is 146 g/mol. The van der Waals surface area contributed by atoms with Gasteiger partial charge in [0.2, 0.25) is 0 Å². The zero-order valence-electron chi connectivity index (χ0n) is 6.50. The molecule has 0 aliphatic carbocycles. The first-order valence-corrected chi connectivity index (χ1v) is 3.48. The summed E-state index contributed by atoms with van der Waals surface area (Å²) in [5, 5.41) is 0. The molecule has 0 N–H and O–H groups in total. The summed E-state index contributed by atoms with van der Waals surface area (Å²) in [7, 11) is 0. The lowest BCUT2D eigenvalue weighted by Gasteiger charge is -2.12. The minimum atomic E-state index is 0.0902. The molecule has 11 heavy (non-hydrogen) atoms. The molecule has 0 amide bonds. The Kier molecular flexibility index (Phi) is 2.21. The predicted molar refractivity (Wildman–Crippen MR) is 46.6 cm³/mol. The highest BCUT2D eigenvalue weighted by Gasteiger charge is 1.80. The number of benzene rings is 1. The monoisotopic (exact) mass is 146 g/mol. The molecule has 58 valence electrons. The van der Waals surface area contributed by atoms with Crippen LogP contribution in [0.25, 0.3) is 0 Å². The molecule has 1 aromatic carbocycles. The minimum absolute atomic E-state index is 0.0902. The van der Waals surface area contributed by atoms with Gasteiger partial charge in [-0.25, -0.2) is 17.7 Å². The van der Waals surface area contributed by atoms with Gasteiger partial charge >= 0.3 is 0 Å². The molecular weight excluding hydrogens is 136 g/mol. The summed E-state index contributed by atoms with van der Waals surface area (Å²) in [6, 6.07) is 5.46. The molecule has 1 aromatic rings. The number of hydrogen-bond acceptors (Lipinski definition) is 1. The highest BCUT2D eigenvalue weighted by atomic mass is 16.1. The van der Waals surface area contributed by atoms with Crippen LogP contribution in [-0.2, 0) is 0 Å². The van der Waals surface area contributed by atoms with Crippen molar-refractivity contribution in [3.05, 3.63) is 58.6 Å². The van der Waals surface area contributed by atoms with E-state index >= 15 is 0 Å². The molecule has 0 unspecified atom stereocenters. The Balaban J connectivity index is 3.16. The Labute approximate surface area is 66.4 Å². The molecule has 0 atom stereocenters. The molecule has 0 spiro atoms. The molecule has 0 saturated heterocycles. The second-order valence-corrected chi connectivity index (χ2v) is 2.40. The van der Waals surface area contributed by atoms with E-state index in [1.54, 1.807) is 18.6 Å². The van der Waals surface area contributed by atoms with E-state index in [0.29, 0.717) is 5.56 Å². The van der Waals surface area contributed by atoms with E-state index in [9.17, 15) is 4.79 Å². The van der Waals surface area contributed by atoms with E-state index in [2.05, 4.69) is 6.58 Å². The molecule has 0 bridgehead atoms.